The number of carbonyl (C=O) groups is 1. The van der Waals surface area contributed by atoms with E-state index in [1.54, 1.807) is 11.3 Å². The highest BCUT2D eigenvalue weighted by atomic mass is 32.2. The molecule has 2 aromatic carbocycles. The second-order valence-electron chi connectivity index (χ2n) is 5.85. The fraction of sp³-hybridized carbons (Fsp3) is 0.158. The lowest BCUT2D eigenvalue weighted by molar-refractivity contribution is 0.102. The molecule has 0 aliphatic carbocycles. The number of benzene rings is 2. The minimum absolute atomic E-state index is 0.0942. The Morgan fingerprint density at radius 2 is 2.00 bits per heavy atom. The van der Waals surface area contributed by atoms with Crippen LogP contribution in [0, 0.1) is 13.8 Å². The molecule has 0 unspecified atom stereocenters. The number of rotatable bonds is 2. The van der Waals surface area contributed by atoms with E-state index in [-0.39, 0.29) is 5.91 Å². The summed E-state index contributed by atoms with van der Waals surface area (Å²) in [5, 5.41) is 3.64. The largest absolute Gasteiger partial charge is 0.298 e. The number of carbonyl (C=O) groups excluding carboxylic acids is 1. The molecule has 0 bridgehead atoms. The summed E-state index contributed by atoms with van der Waals surface area (Å²) in [7, 11) is 0. The van der Waals surface area contributed by atoms with Crippen LogP contribution in [0.4, 0.5) is 5.13 Å². The van der Waals surface area contributed by atoms with Crippen LogP contribution in [-0.4, -0.2) is 10.9 Å². The van der Waals surface area contributed by atoms with Crippen molar-refractivity contribution in [3.8, 4) is 11.3 Å². The minimum Gasteiger partial charge on any atom is -0.298 e. The molecular weight excluding hydrogens is 336 g/mol. The Labute approximate surface area is 149 Å². The van der Waals surface area contributed by atoms with E-state index >= 15 is 0 Å². The molecule has 0 radical (unpaired) electrons. The molecule has 4 rings (SSSR count). The van der Waals surface area contributed by atoms with Crippen LogP contribution < -0.4 is 5.32 Å². The summed E-state index contributed by atoms with van der Waals surface area (Å²) in [6, 6.07) is 14.2. The van der Waals surface area contributed by atoms with Crippen LogP contribution in [0.2, 0.25) is 0 Å². The summed E-state index contributed by atoms with van der Waals surface area (Å²) < 4.78 is 0. The molecule has 2 heterocycles. The maximum absolute atomic E-state index is 12.6. The third-order valence-corrected chi connectivity index (χ3v) is 6.31. The molecule has 0 spiro atoms. The molecule has 0 fully saturated rings. The number of aromatic nitrogens is 1. The number of hydrogen-bond donors (Lipinski definition) is 1. The molecule has 1 aromatic heterocycles. The van der Waals surface area contributed by atoms with Gasteiger partial charge in [0.25, 0.3) is 5.91 Å². The van der Waals surface area contributed by atoms with E-state index in [1.807, 2.05) is 55.9 Å². The Morgan fingerprint density at radius 3 is 2.88 bits per heavy atom. The first-order valence-corrected chi connectivity index (χ1v) is 9.52. The highest BCUT2D eigenvalue weighted by molar-refractivity contribution is 7.98. The quantitative estimate of drug-likeness (QED) is 0.682. The van der Waals surface area contributed by atoms with Gasteiger partial charge >= 0.3 is 0 Å². The van der Waals surface area contributed by atoms with Crippen molar-refractivity contribution in [2.24, 2.45) is 0 Å². The molecule has 1 amide bonds. The topological polar surface area (TPSA) is 42.0 Å². The molecular formula is C19H16N2OS2. The zero-order chi connectivity index (χ0) is 16.7. The number of hydrogen-bond acceptors (Lipinski definition) is 4. The van der Waals surface area contributed by atoms with Gasteiger partial charge in [0, 0.05) is 26.7 Å². The van der Waals surface area contributed by atoms with Gasteiger partial charge in [-0.3, -0.25) is 10.1 Å². The van der Waals surface area contributed by atoms with Crippen LogP contribution >= 0.6 is 23.1 Å². The Balaban J connectivity index is 1.65. The molecule has 1 aliphatic rings. The Bertz CT molecular complexity index is 946. The molecule has 1 N–H and O–H groups in total. The number of nitrogens with one attached hydrogen (secondary N) is 1. The first kappa shape index (κ1) is 15.4. The van der Waals surface area contributed by atoms with Gasteiger partial charge in [-0.15, -0.1) is 23.1 Å². The van der Waals surface area contributed by atoms with Crippen LogP contribution in [0.3, 0.4) is 0 Å². The number of aryl methyl sites for hydroxylation is 2. The van der Waals surface area contributed by atoms with E-state index in [1.165, 1.54) is 9.77 Å². The third-order valence-electron chi connectivity index (χ3n) is 4.06. The third kappa shape index (κ3) is 2.74. The van der Waals surface area contributed by atoms with Crippen molar-refractivity contribution < 1.29 is 4.79 Å². The van der Waals surface area contributed by atoms with Crippen molar-refractivity contribution in [3.63, 3.8) is 0 Å². The number of fused-ring (bicyclic) bond motifs is 3. The average Bonchev–Trinajstić information content (AvgIpc) is 3.00. The number of anilines is 1. The number of thiazole rings is 1. The van der Waals surface area contributed by atoms with Gasteiger partial charge in [-0.1, -0.05) is 35.9 Å². The molecule has 3 nitrogen and oxygen atoms in total. The Hall–Kier alpha value is -2.11. The maximum Gasteiger partial charge on any atom is 0.257 e. The van der Waals surface area contributed by atoms with Gasteiger partial charge in [0.05, 0.1) is 5.69 Å². The fourth-order valence-electron chi connectivity index (χ4n) is 2.79. The second kappa shape index (κ2) is 6.07. The SMILES string of the molecule is Cc1ccc(C)c(C(=O)Nc2nc3c(s2)CSc2ccccc2-3)c1. The lowest BCUT2D eigenvalue weighted by Crippen LogP contribution is -2.13. The van der Waals surface area contributed by atoms with Crippen molar-refractivity contribution in [1.82, 2.24) is 4.98 Å². The van der Waals surface area contributed by atoms with Crippen molar-refractivity contribution in [2.75, 3.05) is 5.32 Å². The van der Waals surface area contributed by atoms with Gasteiger partial charge in [0.1, 0.15) is 0 Å². The van der Waals surface area contributed by atoms with Crippen molar-refractivity contribution in [2.45, 2.75) is 24.5 Å². The monoisotopic (exact) mass is 352 g/mol. The lowest BCUT2D eigenvalue weighted by Gasteiger charge is -2.13. The van der Waals surface area contributed by atoms with Crippen LogP contribution in [0.5, 0.6) is 0 Å². The van der Waals surface area contributed by atoms with Crippen LogP contribution in [0.25, 0.3) is 11.3 Å². The van der Waals surface area contributed by atoms with Gasteiger partial charge in [-0.05, 0) is 31.5 Å². The summed E-state index contributed by atoms with van der Waals surface area (Å²) in [5.41, 5.74) is 4.92. The van der Waals surface area contributed by atoms with Crippen LogP contribution in [0.15, 0.2) is 47.4 Å². The van der Waals surface area contributed by atoms with Gasteiger partial charge in [0.15, 0.2) is 5.13 Å². The van der Waals surface area contributed by atoms with Crippen molar-refractivity contribution in [1.29, 1.82) is 0 Å². The smallest absolute Gasteiger partial charge is 0.257 e. The summed E-state index contributed by atoms with van der Waals surface area (Å²) in [6.45, 7) is 3.95. The summed E-state index contributed by atoms with van der Waals surface area (Å²) in [4.78, 5) is 19.7. The summed E-state index contributed by atoms with van der Waals surface area (Å²) in [6.07, 6.45) is 0. The summed E-state index contributed by atoms with van der Waals surface area (Å²) >= 11 is 3.39. The standard InChI is InChI=1S/C19H16N2OS2/c1-11-7-8-12(2)14(9-11)18(22)21-19-20-17-13-5-3-4-6-15(13)23-10-16(17)24-19/h3-9H,10H2,1-2H3,(H,20,21,22). The van der Waals surface area contributed by atoms with E-state index in [9.17, 15) is 4.79 Å². The van der Waals surface area contributed by atoms with Crippen LogP contribution in [0.1, 0.15) is 26.4 Å². The van der Waals surface area contributed by atoms with E-state index in [0.717, 1.165) is 28.1 Å². The van der Waals surface area contributed by atoms with E-state index in [2.05, 4.69) is 22.4 Å². The van der Waals surface area contributed by atoms with E-state index in [4.69, 9.17) is 0 Å². The molecule has 120 valence electrons. The zero-order valence-corrected chi connectivity index (χ0v) is 15.1. The Morgan fingerprint density at radius 1 is 1.17 bits per heavy atom. The molecule has 0 saturated heterocycles. The molecule has 24 heavy (non-hydrogen) atoms. The first-order chi connectivity index (χ1) is 11.6. The predicted molar refractivity (Wildman–Crippen MR) is 101 cm³/mol. The van der Waals surface area contributed by atoms with Gasteiger partial charge in [-0.25, -0.2) is 4.98 Å². The number of nitrogens with zero attached hydrogens (tertiary/aromatic N) is 1. The highest BCUT2D eigenvalue weighted by Gasteiger charge is 2.22. The zero-order valence-electron chi connectivity index (χ0n) is 13.4. The number of amides is 1. The summed E-state index contributed by atoms with van der Waals surface area (Å²) in [5.74, 6) is 0.812. The normalized spacial score (nSPS) is 12.4. The first-order valence-electron chi connectivity index (χ1n) is 7.72. The molecule has 5 heteroatoms. The lowest BCUT2D eigenvalue weighted by atomic mass is 10.1. The maximum atomic E-state index is 12.6. The fourth-order valence-corrected chi connectivity index (χ4v) is 4.89. The van der Waals surface area contributed by atoms with Gasteiger partial charge < -0.3 is 0 Å². The molecule has 1 aliphatic heterocycles. The van der Waals surface area contributed by atoms with Crippen LogP contribution in [-0.2, 0) is 5.75 Å². The average molecular weight is 352 g/mol. The molecule has 3 aromatic rings. The number of thioether (sulfide) groups is 1. The van der Waals surface area contributed by atoms with Gasteiger partial charge in [-0.2, -0.15) is 0 Å². The molecule has 0 saturated carbocycles. The molecule has 0 atom stereocenters. The minimum atomic E-state index is -0.0942. The second-order valence-corrected chi connectivity index (χ2v) is 7.95. The van der Waals surface area contributed by atoms with Crippen molar-refractivity contribution >= 4 is 34.1 Å². The van der Waals surface area contributed by atoms with Crippen molar-refractivity contribution in [3.05, 3.63) is 64.0 Å². The van der Waals surface area contributed by atoms with E-state index < -0.39 is 0 Å². The predicted octanol–water partition coefficient (Wildman–Crippen LogP) is 5.28. The van der Waals surface area contributed by atoms with Gasteiger partial charge in [0.2, 0.25) is 0 Å². The van der Waals surface area contributed by atoms with E-state index in [0.29, 0.717) is 10.7 Å². The highest BCUT2D eigenvalue weighted by Crippen LogP contribution is 2.44. The Kier molecular flexibility index (Phi) is 3.90.